The maximum Gasteiger partial charge on any atom is 0.338 e. The largest absolute Gasteiger partial charge is 0.493 e. The van der Waals surface area contributed by atoms with E-state index in [-0.39, 0.29) is 5.97 Å². The molecule has 28 heavy (non-hydrogen) atoms. The summed E-state index contributed by atoms with van der Waals surface area (Å²) in [6.07, 6.45) is 3.21. The number of benzene rings is 1. The van der Waals surface area contributed by atoms with Gasteiger partial charge in [-0.15, -0.1) is 0 Å². The van der Waals surface area contributed by atoms with Gasteiger partial charge in [-0.2, -0.15) is 10.1 Å². The van der Waals surface area contributed by atoms with E-state index in [0.717, 1.165) is 18.4 Å². The van der Waals surface area contributed by atoms with Gasteiger partial charge in [0, 0.05) is 5.70 Å². The van der Waals surface area contributed by atoms with Crippen LogP contribution >= 0.6 is 15.9 Å². The van der Waals surface area contributed by atoms with Gasteiger partial charge in [0.05, 0.1) is 30.9 Å². The molecule has 1 aromatic heterocycles. The van der Waals surface area contributed by atoms with Gasteiger partial charge in [0.2, 0.25) is 5.95 Å². The maximum absolute atomic E-state index is 12.9. The Labute approximate surface area is 172 Å². The van der Waals surface area contributed by atoms with E-state index in [2.05, 4.69) is 31.3 Å². The van der Waals surface area contributed by atoms with Crippen molar-refractivity contribution in [3.63, 3.8) is 0 Å². The number of unbranched alkanes of at least 4 members (excludes halogenated alkanes) is 1. The van der Waals surface area contributed by atoms with E-state index in [4.69, 9.17) is 14.2 Å². The molecule has 0 saturated carbocycles. The second kappa shape index (κ2) is 8.64. The highest BCUT2D eigenvalue weighted by molar-refractivity contribution is 9.10. The fraction of sp³-hybridized carbons (Fsp3) is 0.421. The fourth-order valence-electron chi connectivity index (χ4n) is 3.15. The Balaban J connectivity index is 2.10. The number of methoxy groups -OCH3 is 2. The van der Waals surface area contributed by atoms with Crippen molar-refractivity contribution in [1.29, 1.82) is 0 Å². The smallest absolute Gasteiger partial charge is 0.338 e. The molecule has 0 radical (unpaired) electrons. The third-order valence-corrected chi connectivity index (χ3v) is 5.11. The predicted molar refractivity (Wildman–Crippen MR) is 108 cm³/mol. The number of fused-ring (bicyclic) bond motifs is 1. The first-order valence-corrected chi connectivity index (χ1v) is 9.76. The molecule has 0 fully saturated rings. The van der Waals surface area contributed by atoms with Crippen molar-refractivity contribution in [3.8, 4) is 11.5 Å². The van der Waals surface area contributed by atoms with Crippen molar-refractivity contribution in [2.75, 3.05) is 26.1 Å². The lowest BCUT2D eigenvalue weighted by Crippen LogP contribution is -2.30. The quantitative estimate of drug-likeness (QED) is 0.508. The first-order valence-electron chi connectivity index (χ1n) is 8.97. The Morgan fingerprint density at radius 3 is 2.79 bits per heavy atom. The lowest BCUT2D eigenvalue weighted by molar-refractivity contribution is -0.139. The number of aromatic nitrogens is 3. The van der Waals surface area contributed by atoms with Crippen molar-refractivity contribution < 1.29 is 19.0 Å². The lowest BCUT2D eigenvalue weighted by atomic mass is 9.95. The number of hydrogen-bond donors (Lipinski definition) is 1. The van der Waals surface area contributed by atoms with E-state index in [1.54, 1.807) is 18.9 Å². The fourth-order valence-corrected chi connectivity index (χ4v) is 3.77. The number of carbonyl (C=O) groups excluding carboxylic acids is 1. The molecular formula is C19H23BrN4O4. The average molecular weight is 451 g/mol. The van der Waals surface area contributed by atoms with Gasteiger partial charge < -0.3 is 19.5 Å². The molecule has 2 heterocycles. The summed E-state index contributed by atoms with van der Waals surface area (Å²) >= 11 is 3.52. The molecule has 1 N–H and O–H groups in total. The third kappa shape index (κ3) is 3.71. The average Bonchev–Trinajstić information content (AvgIpc) is 3.14. The molecule has 0 amide bonds. The molecule has 1 aromatic carbocycles. The first-order chi connectivity index (χ1) is 13.5. The van der Waals surface area contributed by atoms with Crippen LogP contribution in [0.5, 0.6) is 11.5 Å². The topological polar surface area (TPSA) is 87.5 Å². The summed E-state index contributed by atoms with van der Waals surface area (Å²) in [5.74, 6) is 1.30. The summed E-state index contributed by atoms with van der Waals surface area (Å²) in [7, 11) is 3.14. The Bertz CT molecular complexity index is 909. The van der Waals surface area contributed by atoms with E-state index in [9.17, 15) is 4.79 Å². The number of ether oxygens (including phenoxy) is 3. The van der Waals surface area contributed by atoms with Gasteiger partial charge in [0.15, 0.2) is 11.5 Å². The Morgan fingerprint density at radius 2 is 2.11 bits per heavy atom. The van der Waals surface area contributed by atoms with Crippen molar-refractivity contribution in [3.05, 3.63) is 39.8 Å². The van der Waals surface area contributed by atoms with Crippen LogP contribution in [-0.4, -0.2) is 41.6 Å². The summed E-state index contributed by atoms with van der Waals surface area (Å²) < 4.78 is 18.7. The molecule has 0 aliphatic carbocycles. The normalized spacial score (nSPS) is 15.7. The third-order valence-electron chi connectivity index (χ3n) is 4.52. The van der Waals surface area contributed by atoms with Crippen LogP contribution in [0.4, 0.5) is 5.95 Å². The van der Waals surface area contributed by atoms with E-state index in [1.807, 2.05) is 26.0 Å². The predicted octanol–water partition coefficient (Wildman–Crippen LogP) is 3.69. The van der Waals surface area contributed by atoms with Crippen LogP contribution in [0.2, 0.25) is 0 Å². The minimum atomic E-state index is -0.510. The van der Waals surface area contributed by atoms with Crippen molar-refractivity contribution in [2.24, 2.45) is 0 Å². The van der Waals surface area contributed by atoms with Gasteiger partial charge >= 0.3 is 5.97 Å². The van der Waals surface area contributed by atoms with Gasteiger partial charge in [0.1, 0.15) is 12.4 Å². The zero-order valence-electron chi connectivity index (χ0n) is 16.3. The Morgan fingerprint density at radius 1 is 1.32 bits per heavy atom. The molecule has 1 aliphatic rings. The van der Waals surface area contributed by atoms with Gasteiger partial charge in [-0.25, -0.2) is 9.48 Å². The molecule has 0 spiro atoms. The summed E-state index contributed by atoms with van der Waals surface area (Å²) in [5, 5.41) is 7.45. The van der Waals surface area contributed by atoms with Crippen LogP contribution in [0.3, 0.4) is 0 Å². The Kier molecular flexibility index (Phi) is 6.23. The number of nitrogens with zero attached hydrogens (tertiary/aromatic N) is 3. The molecule has 9 heteroatoms. The van der Waals surface area contributed by atoms with E-state index in [0.29, 0.717) is 39.8 Å². The van der Waals surface area contributed by atoms with Gasteiger partial charge in [-0.3, -0.25) is 0 Å². The van der Waals surface area contributed by atoms with Crippen molar-refractivity contribution in [1.82, 2.24) is 14.8 Å². The highest BCUT2D eigenvalue weighted by Gasteiger charge is 2.35. The molecule has 0 unspecified atom stereocenters. The number of nitrogens with one attached hydrogen (secondary N) is 1. The van der Waals surface area contributed by atoms with E-state index >= 15 is 0 Å². The molecule has 2 aromatic rings. The number of anilines is 1. The minimum Gasteiger partial charge on any atom is -0.493 e. The van der Waals surface area contributed by atoms with Crippen LogP contribution < -0.4 is 14.8 Å². The highest BCUT2D eigenvalue weighted by Crippen LogP contribution is 2.42. The van der Waals surface area contributed by atoms with Gasteiger partial charge in [-0.1, -0.05) is 13.3 Å². The summed E-state index contributed by atoms with van der Waals surface area (Å²) in [5.41, 5.74) is 1.95. The van der Waals surface area contributed by atoms with Crippen molar-refractivity contribution >= 4 is 27.8 Å². The summed E-state index contributed by atoms with van der Waals surface area (Å²) in [6, 6.07) is 3.21. The standard InChI is InChI=1S/C19H23BrN4O4/c1-5-6-7-28-18(25)15-11(2)23-19-21-10-22-24(19)16(15)12-8-13(20)17(27-4)14(9-12)26-3/h8-10,16H,5-7H2,1-4H3,(H,21,22,23)/t16-/m0/s1. The van der Waals surface area contributed by atoms with Gasteiger partial charge in [-0.05, 0) is 47.0 Å². The van der Waals surface area contributed by atoms with Crippen LogP contribution in [0.15, 0.2) is 34.2 Å². The monoisotopic (exact) mass is 450 g/mol. The number of esters is 1. The molecule has 1 atom stereocenters. The molecule has 3 rings (SSSR count). The molecule has 0 bridgehead atoms. The van der Waals surface area contributed by atoms with E-state index in [1.165, 1.54) is 6.33 Å². The number of rotatable bonds is 7. The molecule has 0 saturated heterocycles. The molecule has 1 aliphatic heterocycles. The number of hydrogen-bond acceptors (Lipinski definition) is 7. The molecular weight excluding hydrogens is 428 g/mol. The lowest BCUT2D eigenvalue weighted by Gasteiger charge is -2.28. The van der Waals surface area contributed by atoms with E-state index < -0.39 is 6.04 Å². The Hall–Kier alpha value is -2.55. The number of carbonyl (C=O) groups is 1. The van der Waals surface area contributed by atoms with Crippen LogP contribution in [0.25, 0.3) is 0 Å². The second-order valence-corrected chi connectivity index (χ2v) is 7.18. The molecule has 150 valence electrons. The van der Waals surface area contributed by atoms with Crippen LogP contribution in [0.1, 0.15) is 38.3 Å². The summed E-state index contributed by atoms with van der Waals surface area (Å²) in [6.45, 7) is 4.25. The number of allylic oxidation sites excluding steroid dienone is 1. The maximum atomic E-state index is 12.9. The zero-order valence-corrected chi connectivity index (χ0v) is 17.9. The van der Waals surface area contributed by atoms with Gasteiger partial charge in [0.25, 0.3) is 0 Å². The zero-order chi connectivity index (χ0) is 20.3. The SMILES string of the molecule is CCCCOC(=O)C1=C(C)Nc2ncnn2[C@H]1c1cc(Br)c(OC)c(OC)c1. The minimum absolute atomic E-state index is 0.374. The second-order valence-electron chi connectivity index (χ2n) is 6.32. The number of halogens is 1. The van der Waals surface area contributed by atoms with Crippen LogP contribution in [0, 0.1) is 0 Å². The van der Waals surface area contributed by atoms with Crippen LogP contribution in [-0.2, 0) is 9.53 Å². The first kappa shape index (κ1) is 20.2. The summed E-state index contributed by atoms with van der Waals surface area (Å²) in [4.78, 5) is 17.1. The highest BCUT2D eigenvalue weighted by atomic mass is 79.9. The molecule has 8 nitrogen and oxygen atoms in total. The van der Waals surface area contributed by atoms with Crippen molar-refractivity contribution in [2.45, 2.75) is 32.7 Å².